The van der Waals surface area contributed by atoms with Gasteiger partial charge in [-0.2, -0.15) is 18.3 Å². The molecule has 2 unspecified atom stereocenters. The Balaban J connectivity index is 1.62. The zero-order valence-corrected chi connectivity index (χ0v) is 16.7. The summed E-state index contributed by atoms with van der Waals surface area (Å²) in [5.41, 5.74) is 0.255. The molecule has 2 aliphatic rings. The van der Waals surface area contributed by atoms with E-state index < -0.39 is 11.9 Å². The van der Waals surface area contributed by atoms with E-state index in [1.165, 1.54) is 10.2 Å². The number of unbranched alkanes of at least 4 members (excludes halogenated alkanes) is 1. The Hall–Kier alpha value is -2.02. The van der Waals surface area contributed by atoms with Crippen LogP contribution in [0, 0.1) is 11.3 Å². The number of alkyl halides is 3. The second-order valence-electron chi connectivity index (χ2n) is 8.44. The number of nitrogens with zero attached hydrogens (tertiary/aromatic N) is 2. The van der Waals surface area contributed by atoms with Gasteiger partial charge in [-0.25, -0.2) is 4.68 Å². The average Bonchev–Trinajstić information content (AvgIpc) is 3.17. The van der Waals surface area contributed by atoms with E-state index in [0.29, 0.717) is 12.5 Å². The number of ether oxygens (including phenoxy) is 1. The Kier molecular flexibility index (Phi) is 5.60. The number of fused-ring (bicyclic) bond motifs is 2. The van der Waals surface area contributed by atoms with Gasteiger partial charge in [0.1, 0.15) is 6.10 Å². The molecule has 1 saturated heterocycles. The van der Waals surface area contributed by atoms with Crippen LogP contribution in [-0.4, -0.2) is 29.0 Å². The SMILES string of the molecule is CCCCn1nc(C(F)(F)F)cc1O[C@H]1C2CCC1(Cc1ccccc1)CNC2. The van der Waals surface area contributed by atoms with Crippen LogP contribution in [-0.2, 0) is 19.1 Å². The fourth-order valence-corrected chi connectivity index (χ4v) is 4.88. The van der Waals surface area contributed by atoms with Crippen LogP contribution in [0.2, 0.25) is 0 Å². The molecule has 1 aliphatic heterocycles. The van der Waals surface area contributed by atoms with Gasteiger partial charge >= 0.3 is 6.18 Å². The molecule has 1 saturated carbocycles. The quantitative estimate of drug-likeness (QED) is 0.724. The summed E-state index contributed by atoms with van der Waals surface area (Å²) < 4.78 is 47.6. The first-order valence-electron chi connectivity index (χ1n) is 10.5. The number of rotatable bonds is 7. The predicted octanol–water partition coefficient (Wildman–Crippen LogP) is 4.69. The maximum atomic E-state index is 13.3. The van der Waals surface area contributed by atoms with Gasteiger partial charge in [0.15, 0.2) is 5.69 Å². The highest BCUT2D eigenvalue weighted by Crippen LogP contribution is 2.48. The molecule has 0 spiro atoms. The van der Waals surface area contributed by atoms with E-state index in [9.17, 15) is 13.2 Å². The largest absolute Gasteiger partial charge is 0.473 e. The predicted molar refractivity (Wildman–Crippen MR) is 105 cm³/mol. The van der Waals surface area contributed by atoms with E-state index in [-0.39, 0.29) is 17.4 Å². The van der Waals surface area contributed by atoms with Crippen molar-refractivity contribution in [3.05, 3.63) is 47.7 Å². The minimum atomic E-state index is -4.47. The third-order valence-electron chi connectivity index (χ3n) is 6.33. The van der Waals surface area contributed by atoms with Gasteiger partial charge in [0.05, 0.1) is 0 Å². The second-order valence-corrected chi connectivity index (χ2v) is 8.44. The smallest absolute Gasteiger partial charge is 0.435 e. The summed E-state index contributed by atoms with van der Waals surface area (Å²) >= 11 is 0. The number of halogens is 3. The molecule has 1 aliphatic carbocycles. The molecule has 2 bridgehead atoms. The number of benzene rings is 1. The van der Waals surface area contributed by atoms with Crippen LogP contribution in [0.5, 0.6) is 5.88 Å². The van der Waals surface area contributed by atoms with Crippen molar-refractivity contribution in [1.29, 1.82) is 0 Å². The summed E-state index contributed by atoms with van der Waals surface area (Å²) in [6.07, 6.45) is -0.0303. The number of aryl methyl sites for hydroxylation is 1. The first kappa shape index (κ1) is 20.3. The maximum Gasteiger partial charge on any atom is 0.435 e. The fraction of sp³-hybridized carbons (Fsp3) is 0.591. The molecule has 2 fully saturated rings. The molecule has 7 heteroatoms. The van der Waals surface area contributed by atoms with Crippen LogP contribution in [0.25, 0.3) is 0 Å². The van der Waals surface area contributed by atoms with Crippen molar-refractivity contribution >= 4 is 0 Å². The number of aromatic nitrogens is 2. The molecule has 158 valence electrons. The highest BCUT2D eigenvalue weighted by molar-refractivity contribution is 5.23. The molecule has 2 heterocycles. The van der Waals surface area contributed by atoms with Crippen molar-refractivity contribution < 1.29 is 17.9 Å². The van der Waals surface area contributed by atoms with Crippen LogP contribution in [0.15, 0.2) is 36.4 Å². The first-order chi connectivity index (χ1) is 13.9. The third-order valence-corrected chi connectivity index (χ3v) is 6.33. The van der Waals surface area contributed by atoms with Crippen LogP contribution in [0.3, 0.4) is 0 Å². The molecule has 4 nitrogen and oxygen atoms in total. The lowest BCUT2D eigenvalue weighted by molar-refractivity contribution is -0.141. The summed E-state index contributed by atoms with van der Waals surface area (Å²) in [5, 5.41) is 7.33. The summed E-state index contributed by atoms with van der Waals surface area (Å²) in [7, 11) is 0. The van der Waals surface area contributed by atoms with Gasteiger partial charge in [0.25, 0.3) is 0 Å². The molecule has 3 atom stereocenters. The van der Waals surface area contributed by atoms with Gasteiger partial charge in [0, 0.05) is 37.0 Å². The second kappa shape index (κ2) is 8.01. The van der Waals surface area contributed by atoms with Crippen molar-refractivity contribution in [3.8, 4) is 5.88 Å². The van der Waals surface area contributed by atoms with Crippen LogP contribution in [0.4, 0.5) is 13.2 Å². The normalized spacial score (nSPS) is 26.6. The highest BCUT2D eigenvalue weighted by Gasteiger charge is 2.53. The van der Waals surface area contributed by atoms with Gasteiger partial charge in [-0.1, -0.05) is 43.7 Å². The number of hydrogen-bond donors (Lipinski definition) is 1. The summed E-state index contributed by atoms with van der Waals surface area (Å²) in [5.74, 6) is 0.554. The minimum Gasteiger partial charge on any atom is -0.473 e. The molecule has 1 aromatic carbocycles. The monoisotopic (exact) mass is 407 g/mol. The molecular formula is C22H28F3N3O. The minimum absolute atomic E-state index is 0.109. The van der Waals surface area contributed by atoms with E-state index in [0.717, 1.165) is 51.3 Å². The van der Waals surface area contributed by atoms with E-state index >= 15 is 0 Å². The number of hydrogen-bond acceptors (Lipinski definition) is 3. The van der Waals surface area contributed by atoms with Crippen molar-refractivity contribution in [1.82, 2.24) is 15.1 Å². The maximum absolute atomic E-state index is 13.3. The summed E-state index contributed by atoms with van der Waals surface area (Å²) in [4.78, 5) is 0. The van der Waals surface area contributed by atoms with Crippen molar-refractivity contribution in [2.24, 2.45) is 11.3 Å². The Morgan fingerprint density at radius 2 is 2.07 bits per heavy atom. The first-order valence-corrected chi connectivity index (χ1v) is 10.5. The Labute approximate surface area is 169 Å². The Morgan fingerprint density at radius 1 is 1.28 bits per heavy atom. The summed E-state index contributed by atoms with van der Waals surface area (Å²) in [6, 6.07) is 11.4. The van der Waals surface area contributed by atoms with Gasteiger partial charge in [-0.05, 0) is 31.2 Å². The standard InChI is InChI=1S/C22H28F3N3O/c1-2-3-11-28-19(12-18(27-28)22(23,24)25)29-20-17-9-10-21(20,15-26-14-17)13-16-7-5-4-6-8-16/h4-8,12,17,20,26H,2-3,9-11,13-15H2,1H3/t17?,20-,21?/m0/s1. The highest BCUT2D eigenvalue weighted by atomic mass is 19.4. The van der Waals surface area contributed by atoms with Crippen molar-refractivity contribution in [2.75, 3.05) is 13.1 Å². The molecule has 4 rings (SSSR count). The van der Waals surface area contributed by atoms with E-state index in [1.807, 2.05) is 25.1 Å². The number of piperidine rings is 1. The fourth-order valence-electron chi connectivity index (χ4n) is 4.88. The molecule has 0 radical (unpaired) electrons. The molecule has 1 N–H and O–H groups in total. The third kappa shape index (κ3) is 4.15. The van der Waals surface area contributed by atoms with Gasteiger partial charge in [-0.3, -0.25) is 0 Å². The molecule has 2 aromatic rings. The van der Waals surface area contributed by atoms with Crippen LogP contribution < -0.4 is 10.1 Å². The van der Waals surface area contributed by atoms with E-state index in [2.05, 4.69) is 22.5 Å². The molecule has 0 amide bonds. The van der Waals surface area contributed by atoms with Crippen LogP contribution in [0.1, 0.15) is 43.9 Å². The Bertz CT molecular complexity index is 816. The molecule has 29 heavy (non-hydrogen) atoms. The van der Waals surface area contributed by atoms with Crippen molar-refractivity contribution in [2.45, 2.75) is 57.9 Å². The zero-order chi connectivity index (χ0) is 20.5. The summed E-state index contributed by atoms with van der Waals surface area (Å²) in [6.45, 7) is 4.11. The lowest BCUT2D eigenvalue weighted by Gasteiger charge is -2.41. The zero-order valence-electron chi connectivity index (χ0n) is 16.7. The lowest BCUT2D eigenvalue weighted by atomic mass is 9.75. The van der Waals surface area contributed by atoms with Gasteiger partial charge in [0.2, 0.25) is 5.88 Å². The van der Waals surface area contributed by atoms with E-state index in [1.54, 1.807) is 0 Å². The van der Waals surface area contributed by atoms with Gasteiger partial charge < -0.3 is 10.1 Å². The average molecular weight is 407 g/mol. The number of nitrogens with one attached hydrogen (secondary N) is 1. The Morgan fingerprint density at radius 3 is 2.79 bits per heavy atom. The molecule has 1 aromatic heterocycles. The van der Waals surface area contributed by atoms with E-state index in [4.69, 9.17) is 4.74 Å². The van der Waals surface area contributed by atoms with Crippen molar-refractivity contribution in [3.63, 3.8) is 0 Å². The van der Waals surface area contributed by atoms with Gasteiger partial charge in [-0.15, -0.1) is 0 Å². The van der Waals surface area contributed by atoms with Crippen LogP contribution >= 0.6 is 0 Å². The molecular weight excluding hydrogens is 379 g/mol. The lowest BCUT2D eigenvalue weighted by Crippen LogP contribution is -2.53. The topological polar surface area (TPSA) is 39.1 Å².